The number of hydrogen-bond donors (Lipinski definition) is 6. The van der Waals surface area contributed by atoms with E-state index < -0.39 is 47.8 Å². The molecule has 116 heavy (non-hydrogen) atoms. The van der Waals surface area contributed by atoms with Gasteiger partial charge < -0.3 is 87.0 Å². The van der Waals surface area contributed by atoms with Crippen molar-refractivity contribution < 1.29 is 147 Å². The molecule has 0 spiro atoms. The van der Waals surface area contributed by atoms with Crippen LogP contribution in [0.1, 0.15) is 82.9 Å². The van der Waals surface area contributed by atoms with Gasteiger partial charge in [0, 0.05) is 179 Å². The first kappa shape index (κ1) is 91.9. The Bertz CT molecular complexity index is 4530. The predicted octanol–water partition coefficient (Wildman–Crippen LogP) is 9.88. The SMILES string of the molecule is O=C(O)c1ccc(-n2ccnc2)cc1.O=C(O)c1ccc(-n2ccnc2)cc1.O=C(O)c1ccc(-n2ccnc2)cc1.O=C(O)c1ccc(-n2ccnc2)cc1.O=C(O)c1ccc(-n2ccnc2)cc1.O=C(O)c1ccc(-n2ccnc2)cc1.O=C([O-])c1ccc(-n2ccnc2)cc1.O=C([O-])c1ccc(-n2ccnc2)cc1.[Cu+].[Cu+].[Cu].[Cu]. The van der Waals surface area contributed by atoms with Crippen molar-refractivity contribution >= 4 is 47.8 Å². The summed E-state index contributed by atoms with van der Waals surface area (Å²) >= 11 is 0. The van der Waals surface area contributed by atoms with Gasteiger partial charge in [-0.3, -0.25) is 0 Å². The van der Waals surface area contributed by atoms with Gasteiger partial charge in [0.2, 0.25) is 0 Å². The quantitative estimate of drug-likeness (QED) is 0.0490. The van der Waals surface area contributed by atoms with Gasteiger partial charge in [-0.25, -0.2) is 68.6 Å². The van der Waals surface area contributed by atoms with Crippen LogP contribution in [0.3, 0.4) is 0 Å². The molecule has 0 aliphatic carbocycles. The number of carboxylic acid groups (broad SMARTS) is 8. The number of carbonyl (C=O) groups excluding carboxylic acids is 2. The molecule has 16 rings (SSSR count). The van der Waals surface area contributed by atoms with Crippen molar-refractivity contribution in [3.8, 4) is 45.5 Å². The molecule has 0 unspecified atom stereocenters. The second-order valence-corrected chi connectivity index (χ2v) is 22.5. The second kappa shape index (κ2) is 46.8. The molecule has 0 atom stereocenters. The van der Waals surface area contributed by atoms with Crippen molar-refractivity contribution in [2.75, 3.05) is 0 Å². The van der Waals surface area contributed by atoms with E-state index in [4.69, 9.17) is 30.6 Å². The molecule has 32 nitrogen and oxygen atoms in total. The average molecular weight is 1760 g/mol. The van der Waals surface area contributed by atoms with Gasteiger partial charge in [-0.05, 0) is 181 Å². The van der Waals surface area contributed by atoms with Crippen LogP contribution < -0.4 is 10.2 Å². The third-order valence-corrected chi connectivity index (χ3v) is 15.3. The fourth-order valence-electron chi connectivity index (χ4n) is 9.49. The van der Waals surface area contributed by atoms with Gasteiger partial charge in [-0.1, -0.05) is 24.3 Å². The van der Waals surface area contributed by atoms with E-state index in [0.29, 0.717) is 0 Å². The summed E-state index contributed by atoms with van der Waals surface area (Å²) in [4.78, 5) is 116. The number of nitrogens with zero attached hydrogens (tertiary/aromatic N) is 16. The summed E-state index contributed by atoms with van der Waals surface area (Å²) in [5.41, 5.74) is 9.18. The second-order valence-electron chi connectivity index (χ2n) is 22.5. The normalized spacial score (nSPS) is 9.66. The average Bonchev–Trinajstić information content (AvgIpc) is 0.978. The van der Waals surface area contributed by atoms with Gasteiger partial charge in [-0.2, -0.15) is 0 Å². The standard InChI is InChI=1S/8C10H8N2O2.4Cu/c8*13-10(14)8-1-3-9(4-2-8)12-6-5-11-7-12;;;;/h8*1-7H,(H,13,14);;;;/q;;;;;;;;;;2*+1/p-2. The van der Waals surface area contributed by atoms with Gasteiger partial charge in [0.05, 0.1) is 95.9 Å². The zero-order valence-electron chi connectivity index (χ0n) is 59.5. The molecule has 8 heterocycles. The molecule has 36 heteroatoms. The Morgan fingerprint density at radius 2 is 0.302 bits per heavy atom. The van der Waals surface area contributed by atoms with Crippen molar-refractivity contribution in [3.05, 3.63) is 388 Å². The minimum atomic E-state index is -1.16. The van der Waals surface area contributed by atoms with Crippen LogP contribution in [0.25, 0.3) is 45.5 Å². The molecule has 0 fully saturated rings. The zero-order valence-corrected chi connectivity index (χ0v) is 63.2. The Balaban J connectivity index is 0.000000235. The number of carboxylic acids is 8. The van der Waals surface area contributed by atoms with E-state index in [2.05, 4.69) is 39.9 Å². The van der Waals surface area contributed by atoms with Gasteiger partial charge in [-0.15, -0.1) is 0 Å². The molecule has 2 radical (unpaired) electrons. The molecule has 16 aromatic rings. The summed E-state index contributed by atoms with van der Waals surface area (Å²) in [6.45, 7) is 0. The van der Waals surface area contributed by atoms with Crippen molar-refractivity contribution in [2.24, 2.45) is 0 Å². The molecule has 8 aromatic heterocycles. The van der Waals surface area contributed by atoms with E-state index in [9.17, 15) is 48.6 Å². The minimum absolute atomic E-state index is 0. The van der Waals surface area contributed by atoms with Crippen LogP contribution >= 0.6 is 0 Å². The number of aromatic carboxylic acids is 8. The largest absolute Gasteiger partial charge is 1.00 e. The Kier molecular flexibility index (Phi) is 37.1. The summed E-state index contributed by atoms with van der Waals surface area (Å²) in [5.74, 6) is -7.82. The number of carbonyl (C=O) groups is 8. The molecule has 8 aromatic carbocycles. The maximum absolute atomic E-state index is 10.6. The van der Waals surface area contributed by atoms with Crippen molar-refractivity contribution in [1.82, 2.24) is 76.4 Å². The first-order valence-corrected chi connectivity index (χ1v) is 32.7. The third kappa shape index (κ3) is 27.9. The van der Waals surface area contributed by atoms with Crippen LogP contribution in [0.2, 0.25) is 0 Å². The molecule has 0 saturated carbocycles. The Hall–Kier alpha value is -14.7. The summed E-state index contributed by atoms with van der Waals surface area (Å²) in [6.07, 6.45) is 41.0. The van der Waals surface area contributed by atoms with Crippen molar-refractivity contribution in [1.29, 1.82) is 0 Å². The monoisotopic (exact) mass is 1750 g/mol. The van der Waals surface area contributed by atoms with Crippen LogP contribution in [0, 0.1) is 0 Å². The van der Waals surface area contributed by atoms with Gasteiger partial charge in [0.25, 0.3) is 0 Å². The molecule has 0 aliphatic rings. The van der Waals surface area contributed by atoms with E-state index in [0.717, 1.165) is 45.5 Å². The first-order valence-electron chi connectivity index (χ1n) is 32.7. The Labute approximate surface area is 700 Å². The third-order valence-electron chi connectivity index (χ3n) is 15.3. The van der Waals surface area contributed by atoms with E-state index in [1.54, 1.807) is 329 Å². The van der Waals surface area contributed by atoms with E-state index in [-0.39, 0.29) is 113 Å². The number of aromatic nitrogens is 16. The van der Waals surface area contributed by atoms with Crippen LogP contribution in [-0.2, 0) is 68.3 Å². The summed E-state index contributed by atoms with van der Waals surface area (Å²) in [7, 11) is 0. The van der Waals surface area contributed by atoms with Crippen LogP contribution in [0.15, 0.2) is 344 Å². The van der Waals surface area contributed by atoms with Gasteiger partial charge >= 0.3 is 70.0 Å². The molecule has 0 saturated heterocycles. The summed E-state index contributed by atoms with van der Waals surface area (Å²) in [6, 6.07) is 52.5. The first-order chi connectivity index (χ1) is 54.2. The summed E-state index contributed by atoms with van der Waals surface area (Å²) in [5, 5.41) is 73.1. The maximum atomic E-state index is 10.6. The molecular formula is C80H62Cu4N16O16. The smallest absolute Gasteiger partial charge is 0.545 e. The Morgan fingerprint density at radius 1 is 0.198 bits per heavy atom. The topological polar surface area (TPSA) is 447 Å². The minimum Gasteiger partial charge on any atom is -0.545 e. The number of rotatable bonds is 16. The molecular weight excluding hydrogens is 1700 g/mol. The maximum Gasteiger partial charge on any atom is 1.00 e. The van der Waals surface area contributed by atoms with Crippen LogP contribution in [0.5, 0.6) is 0 Å². The summed E-state index contributed by atoms with van der Waals surface area (Å²) < 4.78 is 14.4. The molecule has 602 valence electrons. The number of imidazole rings is 8. The molecule has 0 amide bonds. The fraction of sp³-hybridized carbons (Fsp3) is 0. The predicted molar refractivity (Wildman–Crippen MR) is 399 cm³/mol. The van der Waals surface area contributed by atoms with E-state index in [1.165, 1.54) is 24.3 Å². The van der Waals surface area contributed by atoms with E-state index >= 15 is 0 Å². The number of hydrogen-bond acceptors (Lipinski definition) is 18. The van der Waals surface area contributed by atoms with Gasteiger partial charge in [0.15, 0.2) is 0 Å². The zero-order chi connectivity index (χ0) is 79.7. The Morgan fingerprint density at radius 3 is 0.379 bits per heavy atom. The molecule has 0 aliphatic heterocycles. The number of benzene rings is 8. The van der Waals surface area contributed by atoms with Gasteiger partial charge in [0.1, 0.15) is 0 Å². The fourth-order valence-corrected chi connectivity index (χ4v) is 9.49. The molecule has 0 bridgehead atoms. The molecule has 6 N–H and O–H groups in total. The van der Waals surface area contributed by atoms with Crippen molar-refractivity contribution in [3.63, 3.8) is 0 Å². The van der Waals surface area contributed by atoms with Crippen LogP contribution in [0.4, 0.5) is 0 Å². The van der Waals surface area contributed by atoms with Crippen LogP contribution in [-0.4, -0.2) is 155 Å². The van der Waals surface area contributed by atoms with Crippen molar-refractivity contribution in [2.45, 2.75) is 0 Å². The van der Waals surface area contributed by atoms with E-state index in [1.807, 2.05) is 27.4 Å².